The first-order chi connectivity index (χ1) is 8.75. The van der Waals surface area contributed by atoms with Gasteiger partial charge in [-0.1, -0.05) is 20.8 Å². The minimum Gasteiger partial charge on any atom is -0.302 e. The van der Waals surface area contributed by atoms with Gasteiger partial charge in [-0.2, -0.15) is 0 Å². The quantitative estimate of drug-likeness (QED) is 0.821. The Morgan fingerprint density at radius 3 is 2.26 bits per heavy atom. The number of alkyl halides is 1. The Labute approximate surface area is 116 Å². The lowest BCUT2D eigenvalue weighted by atomic mass is 9.86. The molecule has 108 valence electrons. The standard InChI is InChI=1S/C15H26FN3/c1-11-12(8-7-9-16)14(15(2,3)4)18-13(17-11)10-19(5)6/h7-10H2,1-6H3. The molecule has 0 aliphatic heterocycles. The van der Waals surface area contributed by atoms with Crippen LogP contribution in [0.4, 0.5) is 4.39 Å². The zero-order chi connectivity index (χ0) is 14.6. The van der Waals surface area contributed by atoms with Crippen LogP contribution in [0.1, 0.15) is 50.0 Å². The molecule has 0 saturated carbocycles. The third-order valence-electron chi connectivity index (χ3n) is 2.99. The minimum absolute atomic E-state index is 0.0413. The summed E-state index contributed by atoms with van der Waals surface area (Å²) in [4.78, 5) is 11.3. The van der Waals surface area contributed by atoms with Gasteiger partial charge in [0.1, 0.15) is 5.82 Å². The van der Waals surface area contributed by atoms with E-state index in [0.717, 1.165) is 35.7 Å². The molecule has 0 aliphatic carbocycles. The number of hydrogen-bond acceptors (Lipinski definition) is 3. The molecule has 0 aliphatic rings. The summed E-state index contributed by atoms with van der Waals surface area (Å²) in [5.74, 6) is 0.844. The Morgan fingerprint density at radius 2 is 1.79 bits per heavy atom. The van der Waals surface area contributed by atoms with Crippen molar-refractivity contribution in [2.45, 2.75) is 52.5 Å². The maximum absolute atomic E-state index is 12.4. The average Bonchev–Trinajstić information content (AvgIpc) is 2.25. The van der Waals surface area contributed by atoms with Crippen LogP contribution in [0, 0.1) is 6.92 Å². The second-order valence-electron chi connectivity index (χ2n) is 6.33. The average molecular weight is 267 g/mol. The van der Waals surface area contributed by atoms with E-state index < -0.39 is 0 Å². The first kappa shape index (κ1) is 16.0. The van der Waals surface area contributed by atoms with Gasteiger partial charge in [0.05, 0.1) is 18.9 Å². The summed E-state index contributed by atoms with van der Waals surface area (Å²) in [5.41, 5.74) is 3.13. The van der Waals surface area contributed by atoms with E-state index in [9.17, 15) is 4.39 Å². The second-order valence-corrected chi connectivity index (χ2v) is 6.33. The molecule has 1 aromatic rings. The number of nitrogens with zero attached hydrogens (tertiary/aromatic N) is 3. The first-order valence-corrected chi connectivity index (χ1v) is 6.83. The van der Waals surface area contributed by atoms with E-state index in [1.165, 1.54) is 0 Å². The lowest BCUT2D eigenvalue weighted by molar-refractivity contribution is 0.386. The second kappa shape index (κ2) is 6.42. The van der Waals surface area contributed by atoms with Crippen LogP contribution in [0.15, 0.2) is 0 Å². The molecular weight excluding hydrogens is 241 g/mol. The van der Waals surface area contributed by atoms with Crippen molar-refractivity contribution >= 4 is 0 Å². The van der Waals surface area contributed by atoms with Gasteiger partial charge in [0.15, 0.2) is 0 Å². The maximum Gasteiger partial charge on any atom is 0.142 e. The molecule has 0 spiro atoms. The molecule has 3 nitrogen and oxygen atoms in total. The lowest BCUT2D eigenvalue weighted by Gasteiger charge is -2.24. The normalized spacial score (nSPS) is 12.2. The highest BCUT2D eigenvalue weighted by molar-refractivity contribution is 5.30. The first-order valence-electron chi connectivity index (χ1n) is 6.83. The summed E-state index contributed by atoms with van der Waals surface area (Å²) < 4.78 is 12.4. The Kier molecular flexibility index (Phi) is 5.41. The van der Waals surface area contributed by atoms with E-state index in [1.807, 2.05) is 21.0 Å². The summed E-state index contributed by atoms with van der Waals surface area (Å²) in [6, 6.07) is 0. The molecule has 0 aromatic carbocycles. The zero-order valence-electron chi connectivity index (χ0n) is 13.0. The van der Waals surface area contributed by atoms with E-state index in [4.69, 9.17) is 4.98 Å². The van der Waals surface area contributed by atoms with Crippen molar-refractivity contribution in [2.75, 3.05) is 20.8 Å². The summed E-state index contributed by atoms with van der Waals surface area (Å²) in [6.45, 7) is 8.88. The van der Waals surface area contributed by atoms with Crippen molar-refractivity contribution in [3.63, 3.8) is 0 Å². The predicted molar refractivity (Wildman–Crippen MR) is 77.2 cm³/mol. The molecule has 0 radical (unpaired) electrons. The fourth-order valence-corrected chi connectivity index (χ4v) is 2.17. The van der Waals surface area contributed by atoms with Gasteiger partial charge in [0, 0.05) is 11.1 Å². The van der Waals surface area contributed by atoms with E-state index in [0.29, 0.717) is 6.42 Å². The van der Waals surface area contributed by atoms with Crippen LogP contribution in [0.5, 0.6) is 0 Å². The molecule has 1 aromatic heterocycles. The molecule has 0 N–H and O–H groups in total. The molecule has 0 fully saturated rings. The molecule has 19 heavy (non-hydrogen) atoms. The van der Waals surface area contributed by atoms with Crippen LogP contribution >= 0.6 is 0 Å². The van der Waals surface area contributed by atoms with E-state index in [-0.39, 0.29) is 12.1 Å². The van der Waals surface area contributed by atoms with Crippen LogP contribution in [-0.4, -0.2) is 35.6 Å². The molecule has 0 saturated heterocycles. The monoisotopic (exact) mass is 267 g/mol. The number of aromatic nitrogens is 2. The van der Waals surface area contributed by atoms with Gasteiger partial charge in [0.2, 0.25) is 0 Å². The number of hydrogen-bond donors (Lipinski definition) is 0. The fourth-order valence-electron chi connectivity index (χ4n) is 2.17. The Balaban J connectivity index is 3.22. The van der Waals surface area contributed by atoms with Crippen LogP contribution in [0.3, 0.4) is 0 Å². The molecule has 0 atom stereocenters. The zero-order valence-corrected chi connectivity index (χ0v) is 13.0. The Hall–Kier alpha value is -1.03. The topological polar surface area (TPSA) is 29.0 Å². The largest absolute Gasteiger partial charge is 0.302 e. The molecule has 1 heterocycles. The van der Waals surface area contributed by atoms with Crippen LogP contribution in [-0.2, 0) is 18.4 Å². The third kappa shape index (κ3) is 4.53. The SMILES string of the molecule is Cc1nc(CN(C)C)nc(C(C)(C)C)c1CCCF. The van der Waals surface area contributed by atoms with Crippen LogP contribution < -0.4 is 0 Å². The van der Waals surface area contributed by atoms with Crippen molar-refractivity contribution < 1.29 is 4.39 Å². The van der Waals surface area contributed by atoms with Gasteiger partial charge in [0.25, 0.3) is 0 Å². The summed E-state index contributed by atoms with van der Waals surface area (Å²) in [7, 11) is 4.01. The molecule has 0 bridgehead atoms. The van der Waals surface area contributed by atoms with Gasteiger partial charge in [-0.3, -0.25) is 4.39 Å². The number of halogens is 1. The van der Waals surface area contributed by atoms with Gasteiger partial charge < -0.3 is 4.90 Å². The summed E-state index contributed by atoms with van der Waals surface area (Å²) in [5, 5.41) is 0. The Morgan fingerprint density at radius 1 is 1.16 bits per heavy atom. The van der Waals surface area contributed by atoms with Crippen LogP contribution in [0.2, 0.25) is 0 Å². The van der Waals surface area contributed by atoms with E-state index >= 15 is 0 Å². The van der Waals surface area contributed by atoms with Crippen molar-refractivity contribution in [2.24, 2.45) is 0 Å². The number of rotatable bonds is 5. The predicted octanol–water partition coefficient (Wildman–Crippen LogP) is 3.05. The van der Waals surface area contributed by atoms with Gasteiger partial charge in [-0.25, -0.2) is 9.97 Å². The van der Waals surface area contributed by atoms with Crippen molar-refractivity contribution in [3.05, 3.63) is 22.8 Å². The van der Waals surface area contributed by atoms with E-state index in [2.05, 4.69) is 30.7 Å². The highest BCUT2D eigenvalue weighted by Gasteiger charge is 2.22. The van der Waals surface area contributed by atoms with Gasteiger partial charge in [-0.15, -0.1) is 0 Å². The third-order valence-corrected chi connectivity index (χ3v) is 2.99. The molecular formula is C15H26FN3. The highest BCUT2D eigenvalue weighted by atomic mass is 19.1. The maximum atomic E-state index is 12.4. The smallest absolute Gasteiger partial charge is 0.142 e. The van der Waals surface area contributed by atoms with Crippen molar-refractivity contribution in [3.8, 4) is 0 Å². The summed E-state index contributed by atoms with van der Waals surface area (Å²) in [6.07, 6.45) is 1.26. The molecule has 0 unspecified atom stereocenters. The number of aryl methyl sites for hydroxylation is 1. The van der Waals surface area contributed by atoms with E-state index in [1.54, 1.807) is 0 Å². The highest BCUT2D eigenvalue weighted by Crippen LogP contribution is 2.26. The van der Waals surface area contributed by atoms with Crippen LogP contribution in [0.25, 0.3) is 0 Å². The fraction of sp³-hybridized carbons (Fsp3) is 0.733. The van der Waals surface area contributed by atoms with Crippen molar-refractivity contribution in [1.29, 1.82) is 0 Å². The summed E-state index contributed by atoms with van der Waals surface area (Å²) >= 11 is 0. The van der Waals surface area contributed by atoms with Gasteiger partial charge in [-0.05, 0) is 39.4 Å². The minimum atomic E-state index is -0.289. The molecule has 1 rings (SSSR count). The van der Waals surface area contributed by atoms with Gasteiger partial charge >= 0.3 is 0 Å². The van der Waals surface area contributed by atoms with Crippen molar-refractivity contribution in [1.82, 2.24) is 14.9 Å². The lowest BCUT2D eigenvalue weighted by Crippen LogP contribution is -2.22. The Bertz CT molecular complexity index is 422. The molecule has 0 amide bonds. The molecule has 4 heteroatoms.